The molecule has 10 heteroatoms. The zero-order valence-electron chi connectivity index (χ0n) is 23.7. The topological polar surface area (TPSA) is 132 Å². The fourth-order valence-electron chi connectivity index (χ4n) is 7.94. The van der Waals surface area contributed by atoms with E-state index in [4.69, 9.17) is 16.7 Å². The molecule has 2 N–H and O–H groups in total. The summed E-state index contributed by atoms with van der Waals surface area (Å²) in [6, 6.07) is 13.4. The number of phenols is 1. The van der Waals surface area contributed by atoms with Crippen molar-refractivity contribution in [1.82, 2.24) is 4.90 Å². The normalized spacial score (nSPS) is 29.8. The quantitative estimate of drug-likeness (QED) is 0.248. The Balaban J connectivity index is 1.39. The van der Waals surface area contributed by atoms with Gasteiger partial charge in [-0.2, -0.15) is 0 Å². The molecule has 0 aromatic heterocycles. The average Bonchev–Trinajstić information content (AvgIpc) is 3.33. The molecule has 0 bridgehead atoms. The van der Waals surface area contributed by atoms with Crippen LogP contribution in [0, 0.1) is 29.1 Å². The second kappa shape index (κ2) is 10.9. The molecule has 2 aromatic carbocycles. The maximum absolute atomic E-state index is 14.3. The third kappa shape index (κ3) is 4.56. The number of nitrogens with zero attached hydrogens (tertiary/aromatic N) is 2. The van der Waals surface area contributed by atoms with Crippen LogP contribution in [-0.2, 0) is 24.0 Å². The molecule has 2 aliphatic heterocycles. The molecule has 4 amide bonds. The smallest absolute Gasteiger partial charge is 0.303 e. The first kappa shape index (κ1) is 29.1. The number of phenolic OH excluding ortho intramolecular Hbond substituents is 1. The standard InChI is InChI=1S/C33H33ClN2O7/c1-33-24(30(41)36(32(33)43)18-8-4-2-5-9-18)17-23-20(28(33)21-12-11-19(37)16-25(21)34)13-14-22-27(23)31(42)35(29(22)40)15-7-3-6-10-26(38)39/h2,4-5,8-9,11-13,16,22-24,27-28,37H,3,6-7,10,14-15,17H2,1H3,(H,38,39)/t22-,23+,24-,27-,28+,33+/m0/s1. The Morgan fingerprint density at radius 2 is 1.72 bits per heavy atom. The molecule has 4 aliphatic rings. The molecule has 9 nitrogen and oxygen atoms in total. The van der Waals surface area contributed by atoms with Crippen molar-refractivity contribution in [3.63, 3.8) is 0 Å². The van der Waals surface area contributed by atoms with E-state index >= 15 is 0 Å². The van der Waals surface area contributed by atoms with E-state index in [-0.39, 0.29) is 53.8 Å². The summed E-state index contributed by atoms with van der Waals surface area (Å²) in [5.41, 5.74) is 0.676. The Morgan fingerprint density at radius 3 is 2.42 bits per heavy atom. The number of fused-ring (bicyclic) bond motifs is 4. The van der Waals surface area contributed by atoms with Gasteiger partial charge in [0.1, 0.15) is 5.75 Å². The van der Waals surface area contributed by atoms with Gasteiger partial charge in [-0.1, -0.05) is 53.9 Å². The molecular weight excluding hydrogens is 572 g/mol. The van der Waals surface area contributed by atoms with Crippen LogP contribution in [0.15, 0.2) is 60.2 Å². The number of allylic oxidation sites excluding steroid dienone is 2. The molecule has 0 radical (unpaired) electrons. The number of imide groups is 2. The van der Waals surface area contributed by atoms with E-state index in [1.54, 1.807) is 37.3 Å². The number of carbonyl (C=O) groups is 5. The summed E-state index contributed by atoms with van der Waals surface area (Å²) in [5.74, 6) is -5.20. The summed E-state index contributed by atoms with van der Waals surface area (Å²) in [6.07, 6.45) is 4.14. The van der Waals surface area contributed by atoms with Gasteiger partial charge < -0.3 is 10.2 Å². The van der Waals surface area contributed by atoms with E-state index in [0.717, 1.165) is 5.57 Å². The van der Waals surface area contributed by atoms with Crippen LogP contribution in [0.3, 0.4) is 0 Å². The van der Waals surface area contributed by atoms with Crippen molar-refractivity contribution in [2.24, 2.45) is 29.1 Å². The fraction of sp³-hybridized carbons (Fsp3) is 0.424. The predicted molar refractivity (Wildman–Crippen MR) is 157 cm³/mol. The molecule has 0 spiro atoms. The van der Waals surface area contributed by atoms with Crippen molar-refractivity contribution in [2.45, 2.75) is 51.4 Å². The van der Waals surface area contributed by atoms with Gasteiger partial charge in [0.25, 0.3) is 0 Å². The number of carboxylic acids is 1. The molecule has 2 aromatic rings. The van der Waals surface area contributed by atoms with Gasteiger partial charge in [-0.25, -0.2) is 4.90 Å². The van der Waals surface area contributed by atoms with Crippen molar-refractivity contribution >= 4 is 46.9 Å². The first-order chi connectivity index (χ1) is 20.6. The molecule has 224 valence electrons. The van der Waals surface area contributed by atoms with Crippen LogP contribution in [0.2, 0.25) is 5.02 Å². The lowest BCUT2D eigenvalue weighted by Crippen LogP contribution is -2.49. The summed E-state index contributed by atoms with van der Waals surface area (Å²) in [7, 11) is 0. The van der Waals surface area contributed by atoms with E-state index in [0.29, 0.717) is 36.9 Å². The number of aliphatic carboxylic acids is 1. The maximum Gasteiger partial charge on any atom is 0.303 e. The van der Waals surface area contributed by atoms with E-state index in [1.807, 2.05) is 12.1 Å². The second-order valence-electron chi connectivity index (χ2n) is 12.2. The number of halogens is 1. The Bertz CT molecular complexity index is 1560. The number of amides is 4. The highest BCUT2D eigenvalue weighted by Gasteiger charge is 2.67. The van der Waals surface area contributed by atoms with E-state index in [1.165, 1.54) is 21.9 Å². The minimum atomic E-state index is -1.21. The van der Waals surface area contributed by atoms with Gasteiger partial charge in [0.15, 0.2) is 0 Å². The van der Waals surface area contributed by atoms with Crippen molar-refractivity contribution < 1.29 is 34.2 Å². The number of para-hydroxylation sites is 1. The van der Waals surface area contributed by atoms with Crippen LogP contribution in [0.5, 0.6) is 5.75 Å². The number of anilines is 1. The highest BCUT2D eigenvalue weighted by atomic mass is 35.5. The Kier molecular flexibility index (Phi) is 7.40. The molecule has 0 unspecified atom stereocenters. The number of aromatic hydroxyl groups is 1. The van der Waals surface area contributed by atoms with Gasteiger partial charge in [-0.3, -0.25) is 28.9 Å². The van der Waals surface area contributed by atoms with Crippen molar-refractivity contribution in [2.75, 3.05) is 11.4 Å². The second-order valence-corrected chi connectivity index (χ2v) is 12.6. The zero-order chi connectivity index (χ0) is 30.6. The van der Waals surface area contributed by atoms with E-state index in [9.17, 15) is 29.1 Å². The summed E-state index contributed by atoms with van der Waals surface area (Å²) < 4.78 is 0. The SMILES string of the molecule is C[C@@]12C(=O)N(c3ccccc3)C(=O)[C@@H]1C[C@@H]1C(=CC[C@@H]3C(=O)N(CCCCCC(=O)O)C(=O)[C@@H]31)[C@@H]2c1ccc(O)cc1Cl. The summed E-state index contributed by atoms with van der Waals surface area (Å²) >= 11 is 6.71. The molecule has 43 heavy (non-hydrogen) atoms. The molecular formula is C33H33ClN2O7. The Hall–Kier alpha value is -3.98. The first-order valence-corrected chi connectivity index (χ1v) is 15.1. The van der Waals surface area contributed by atoms with Crippen LogP contribution in [0.25, 0.3) is 0 Å². The number of rotatable bonds is 8. The summed E-state index contributed by atoms with van der Waals surface area (Å²) in [5, 5.41) is 19.3. The van der Waals surface area contributed by atoms with Crippen LogP contribution in [0.1, 0.15) is 56.9 Å². The molecule has 6 atom stereocenters. The van der Waals surface area contributed by atoms with Crippen LogP contribution in [0.4, 0.5) is 5.69 Å². The highest BCUT2D eigenvalue weighted by Crippen LogP contribution is 2.64. The van der Waals surface area contributed by atoms with Gasteiger partial charge in [0.05, 0.1) is 28.9 Å². The van der Waals surface area contributed by atoms with Gasteiger partial charge in [-0.05, 0) is 68.4 Å². The number of likely N-dealkylation sites (tertiary alicyclic amines) is 1. The molecule has 1 saturated carbocycles. The average molecular weight is 605 g/mol. The molecule has 6 rings (SSSR count). The van der Waals surface area contributed by atoms with Gasteiger partial charge in [-0.15, -0.1) is 0 Å². The molecule has 2 aliphatic carbocycles. The third-order valence-corrected chi connectivity index (χ3v) is 10.3. The monoisotopic (exact) mass is 604 g/mol. The Morgan fingerprint density at radius 1 is 0.977 bits per heavy atom. The molecule has 2 saturated heterocycles. The van der Waals surface area contributed by atoms with Crippen molar-refractivity contribution in [3.8, 4) is 5.75 Å². The predicted octanol–water partition coefficient (Wildman–Crippen LogP) is 4.92. The summed E-state index contributed by atoms with van der Waals surface area (Å²) in [6.45, 7) is 2.02. The zero-order valence-corrected chi connectivity index (χ0v) is 24.5. The van der Waals surface area contributed by atoms with Crippen LogP contribution in [-0.4, -0.2) is 51.3 Å². The first-order valence-electron chi connectivity index (χ1n) is 14.7. The number of hydrogen-bond donors (Lipinski definition) is 2. The van der Waals surface area contributed by atoms with Gasteiger partial charge in [0, 0.05) is 23.9 Å². The van der Waals surface area contributed by atoms with Gasteiger partial charge >= 0.3 is 5.97 Å². The van der Waals surface area contributed by atoms with Crippen molar-refractivity contribution in [1.29, 1.82) is 0 Å². The number of carboxylic acid groups (broad SMARTS) is 1. The highest BCUT2D eigenvalue weighted by molar-refractivity contribution is 6.32. The fourth-order valence-corrected chi connectivity index (χ4v) is 8.23. The maximum atomic E-state index is 14.3. The largest absolute Gasteiger partial charge is 0.508 e. The molecule has 2 heterocycles. The van der Waals surface area contributed by atoms with Crippen LogP contribution >= 0.6 is 11.6 Å². The van der Waals surface area contributed by atoms with Crippen LogP contribution < -0.4 is 4.90 Å². The lowest BCUT2D eigenvalue weighted by Gasteiger charge is -2.49. The lowest BCUT2D eigenvalue weighted by atomic mass is 9.51. The number of unbranched alkanes of at least 4 members (excludes halogenated alkanes) is 2. The minimum absolute atomic E-state index is 0.0317. The summed E-state index contributed by atoms with van der Waals surface area (Å²) in [4.78, 5) is 69.2. The third-order valence-electron chi connectivity index (χ3n) is 9.95. The molecule has 3 fully saturated rings. The Labute approximate surface area is 254 Å². The van der Waals surface area contributed by atoms with Gasteiger partial charge in [0.2, 0.25) is 23.6 Å². The van der Waals surface area contributed by atoms with E-state index in [2.05, 4.69) is 0 Å². The number of hydrogen-bond acceptors (Lipinski definition) is 6. The lowest BCUT2D eigenvalue weighted by molar-refractivity contribution is -0.141. The number of carbonyl (C=O) groups excluding carboxylic acids is 4. The minimum Gasteiger partial charge on any atom is -0.508 e. The van der Waals surface area contributed by atoms with E-state index < -0.39 is 41.0 Å². The number of benzene rings is 2. The van der Waals surface area contributed by atoms with Crippen molar-refractivity contribution in [3.05, 3.63) is 70.8 Å².